The average molecular weight is 278 g/mol. The van der Waals surface area contributed by atoms with Crippen LogP contribution in [0.1, 0.15) is 5.56 Å². The third-order valence-electron chi connectivity index (χ3n) is 3.06. The van der Waals surface area contributed by atoms with E-state index < -0.39 is 0 Å². The van der Waals surface area contributed by atoms with Gasteiger partial charge in [0.25, 0.3) is 0 Å². The Kier molecular flexibility index (Phi) is 2.96. The van der Waals surface area contributed by atoms with Crippen molar-refractivity contribution >= 4 is 23.2 Å². The van der Waals surface area contributed by atoms with E-state index in [1.807, 2.05) is 30.3 Å². The first-order chi connectivity index (χ1) is 8.66. The van der Waals surface area contributed by atoms with Gasteiger partial charge in [-0.05, 0) is 24.6 Å². The summed E-state index contributed by atoms with van der Waals surface area (Å²) in [6, 6.07) is 11.5. The molecule has 0 aromatic heterocycles. The van der Waals surface area contributed by atoms with Gasteiger partial charge in [0.15, 0.2) is 0 Å². The molecule has 0 bridgehead atoms. The van der Waals surface area contributed by atoms with Gasteiger partial charge in [-0.1, -0.05) is 47.5 Å². The van der Waals surface area contributed by atoms with Gasteiger partial charge in [0.1, 0.15) is 11.9 Å². The van der Waals surface area contributed by atoms with Gasteiger partial charge < -0.3 is 4.74 Å². The maximum Gasteiger partial charge on any atom is 0.130 e. The summed E-state index contributed by atoms with van der Waals surface area (Å²) in [5.74, 6) is 0.854. The number of benzene rings is 2. The summed E-state index contributed by atoms with van der Waals surface area (Å²) in [5, 5.41) is 1.26. The third-order valence-corrected chi connectivity index (χ3v) is 3.69. The highest BCUT2D eigenvalue weighted by molar-refractivity contribution is 6.39. The minimum Gasteiger partial charge on any atom is -0.489 e. The van der Waals surface area contributed by atoms with Crippen LogP contribution in [0.2, 0.25) is 10.0 Å². The molecule has 0 aliphatic carbocycles. The second-order valence-corrected chi connectivity index (χ2v) is 5.15. The second-order valence-electron chi connectivity index (χ2n) is 4.33. The normalized spacial score (nSPS) is 17.4. The molecule has 3 rings (SSSR count). The molecular formula is C15H11Cl2O. The highest BCUT2D eigenvalue weighted by Gasteiger charge is 2.24. The lowest BCUT2D eigenvalue weighted by Crippen LogP contribution is -2.06. The molecule has 2 aromatic carbocycles. The topological polar surface area (TPSA) is 9.23 Å². The minimum absolute atomic E-state index is 0.0394. The number of rotatable bonds is 1. The number of hydrogen-bond donors (Lipinski definition) is 0. The van der Waals surface area contributed by atoms with Gasteiger partial charge in [0.05, 0.1) is 10.0 Å². The Morgan fingerprint density at radius 1 is 1.06 bits per heavy atom. The molecule has 1 radical (unpaired) electrons. The molecule has 2 aromatic rings. The maximum absolute atomic E-state index is 6.25. The quantitative estimate of drug-likeness (QED) is 0.728. The van der Waals surface area contributed by atoms with Crippen molar-refractivity contribution < 1.29 is 4.74 Å². The summed E-state index contributed by atoms with van der Waals surface area (Å²) in [5.41, 5.74) is 2.92. The Morgan fingerprint density at radius 2 is 1.72 bits per heavy atom. The van der Waals surface area contributed by atoms with Gasteiger partial charge >= 0.3 is 0 Å². The van der Waals surface area contributed by atoms with Gasteiger partial charge in [-0.2, -0.15) is 0 Å². The molecule has 0 saturated carbocycles. The predicted octanol–water partition coefficient (Wildman–Crippen LogP) is 4.80. The van der Waals surface area contributed by atoms with E-state index in [9.17, 15) is 0 Å². The largest absolute Gasteiger partial charge is 0.489 e. The Labute approximate surface area is 116 Å². The van der Waals surface area contributed by atoms with Crippen LogP contribution in [0.4, 0.5) is 0 Å². The van der Waals surface area contributed by atoms with Crippen molar-refractivity contribution in [3.05, 3.63) is 58.9 Å². The molecule has 0 saturated heterocycles. The summed E-state index contributed by atoms with van der Waals surface area (Å²) >= 11 is 12.5. The second kappa shape index (κ2) is 4.49. The van der Waals surface area contributed by atoms with Crippen LogP contribution < -0.4 is 4.74 Å². The summed E-state index contributed by atoms with van der Waals surface area (Å²) < 4.78 is 5.77. The Balaban J connectivity index is 2.23. The van der Waals surface area contributed by atoms with Crippen LogP contribution in [0.3, 0.4) is 0 Å². The lowest BCUT2D eigenvalue weighted by atomic mass is 10.0. The molecule has 0 N–H and O–H groups in total. The fourth-order valence-corrected chi connectivity index (χ4v) is 2.89. The molecule has 1 heterocycles. The van der Waals surface area contributed by atoms with Crippen LogP contribution in [0, 0.1) is 6.92 Å². The van der Waals surface area contributed by atoms with Crippen LogP contribution in [0.25, 0.3) is 11.1 Å². The fraction of sp³-hybridized carbons (Fsp3) is 0.133. The van der Waals surface area contributed by atoms with Crippen LogP contribution >= 0.6 is 23.2 Å². The van der Waals surface area contributed by atoms with Crippen LogP contribution in [-0.2, 0) is 6.42 Å². The zero-order chi connectivity index (χ0) is 12.7. The van der Waals surface area contributed by atoms with E-state index in [4.69, 9.17) is 27.9 Å². The van der Waals surface area contributed by atoms with Gasteiger partial charge in [0.2, 0.25) is 0 Å². The molecule has 3 heteroatoms. The summed E-state index contributed by atoms with van der Waals surface area (Å²) in [6.45, 7) is 3.94. The molecule has 0 fully saturated rings. The SMILES string of the molecule is [CH2]C1Cc2cccc(-c3c(Cl)cccc3Cl)c2O1. The van der Waals surface area contributed by atoms with Gasteiger partial charge in [-0.25, -0.2) is 0 Å². The van der Waals surface area contributed by atoms with E-state index >= 15 is 0 Å². The van der Waals surface area contributed by atoms with E-state index in [0.717, 1.165) is 28.9 Å². The van der Waals surface area contributed by atoms with Crippen LogP contribution in [-0.4, -0.2) is 6.10 Å². The fourth-order valence-electron chi connectivity index (χ4n) is 2.29. The molecule has 1 unspecified atom stereocenters. The van der Waals surface area contributed by atoms with Crippen molar-refractivity contribution in [3.63, 3.8) is 0 Å². The molecule has 0 amide bonds. The lowest BCUT2D eigenvalue weighted by Gasteiger charge is -2.12. The zero-order valence-electron chi connectivity index (χ0n) is 9.62. The zero-order valence-corrected chi connectivity index (χ0v) is 11.1. The summed E-state index contributed by atoms with van der Waals surface area (Å²) in [7, 11) is 0. The Bertz CT molecular complexity index is 587. The van der Waals surface area contributed by atoms with Gasteiger partial charge in [-0.15, -0.1) is 0 Å². The van der Waals surface area contributed by atoms with E-state index in [2.05, 4.69) is 13.0 Å². The molecule has 91 valence electrons. The molecule has 1 atom stereocenters. The highest BCUT2D eigenvalue weighted by atomic mass is 35.5. The van der Waals surface area contributed by atoms with Gasteiger partial charge in [-0.3, -0.25) is 0 Å². The average Bonchev–Trinajstić information content (AvgIpc) is 2.70. The third kappa shape index (κ3) is 1.88. The first-order valence-corrected chi connectivity index (χ1v) is 6.48. The van der Waals surface area contributed by atoms with Crippen LogP contribution in [0.5, 0.6) is 5.75 Å². The van der Waals surface area contributed by atoms with Crippen molar-refractivity contribution in [3.8, 4) is 16.9 Å². The summed E-state index contributed by atoms with van der Waals surface area (Å²) in [4.78, 5) is 0. The summed E-state index contributed by atoms with van der Waals surface area (Å²) in [6.07, 6.45) is 0.785. The molecule has 1 aliphatic heterocycles. The van der Waals surface area contributed by atoms with Crippen molar-refractivity contribution in [2.24, 2.45) is 0 Å². The first kappa shape index (κ1) is 11.9. The van der Waals surface area contributed by atoms with Crippen molar-refractivity contribution in [1.29, 1.82) is 0 Å². The van der Waals surface area contributed by atoms with Crippen molar-refractivity contribution in [1.82, 2.24) is 0 Å². The number of halogens is 2. The first-order valence-electron chi connectivity index (χ1n) is 5.73. The maximum atomic E-state index is 6.25. The van der Waals surface area contributed by atoms with Crippen molar-refractivity contribution in [2.75, 3.05) is 0 Å². The van der Waals surface area contributed by atoms with E-state index in [-0.39, 0.29) is 6.10 Å². The monoisotopic (exact) mass is 277 g/mol. The molecular weight excluding hydrogens is 267 g/mol. The standard InChI is InChI=1S/C15H11Cl2O/c1-9-8-10-4-2-5-11(15(10)18-9)14-12(16)6-3-7-13(14)17/h2-7,9H,1,8H2. The Morgan fingerprint density at radius 3 is 2.44 bits per heavy atom. The molecule has 0 spiro atoms. The number of para-hydroxylation sites is 1. The van der Waals surface area contributed by atoms with E-state index in [0.29, 0.717) is 10.0 Å². The molecule has 18 heavy (non-hydrogen) atoms. The van der Waals surface area contributed by atoms with E-state index in [1.165, 1.54) is 0 Å². The molecule has 1 nitrogen and oxygen atoms in total. The predicted molar refractivity (Wildman–Crippen MR) is 75.4 cm³/mol. The van der Waals surface area contributed by atoms with Crippen molar-refractivity contribution in [2.45, 2.75) is 12.5 Å². The highest BCUT2D eigenvalue weighted by Crippen LogP contribution is 2.43. The number of hydrogen-bond acceptors (Lipinski definition) is 1. The van der Waals surface area contributed by atoms with Gasteiger partial charge in [0, 0.05) is 17.5 Å². The smallest absolute Gasteiger partial charge is 0.130 e. The minimum atomic E-state index is -0.0394. The lowest BCUT2D eigenvalue weighted by molar-refractivity contribution is 0.282. The number of fused-ring (bicyclic) bond motifs is 1. The van der Waals surface area contributed by atoms with Crippen LogP contribution in [0.15, 0.2) is 36.4 Å². The number of ether oxygens (including phenoxy) is 1. The molecule has 1 aliphatic rings. The van der Waals surface area contributed by atoms with E-state index in [1.54, 1.807) is 0 Å². The Hall–Kier alpha value is -1.18.